The molecule has 0 aliphatic carbocycles. The lowest BCUT2D eigenvalue weighted by atomic mass is 10.1. The summed E-state index contributed by atoms with van der Waals surface area (Å²) < 4.78 is 39.3. The van der Waals surface area contributed by atoms with Gasteiger partial charge in [0.1, 0.15) is 23.2 Å². The van der Waals surface area contributed by atoms with Crippen LogP contribution in [0.4, 0.5) is 0 Å². The van der Waals surface area contributed by atoms with Gasteiger partial charge in [0, 0.05) is 24.4 Å². The second kappa shape index (κ2) is 6.31. The highest BCUT2D eigenvalue weighted by atomic mass is 32.2. The number of esters is 1. The Morgan fingerprint density at radius 3 is 2.83 bits per heavy atom. The van der Waals surface area contributed by atoms with E-state index < -0.39 is 17.2 Å². The average Bonchev–Trinajstić information content (AvgIpc) is 2.82. The average molecular weight is 338 g/mol. The van der Waals surface area contributed by atoms with Gasteiger partial charge in [-0.3, -0.25) is 4.21 Å². The maximum absolute atomic E-state index is 11.9. The summed E-state index contributed by atoms with van der Waals surface area (Å²) in [5, 5.41) is 0.747. The Morgan fingerprint density at radius 1 is 1.43 bits per heavy atom. The summed E-state index contributed by atoms with van der Waals surface area (Å²) in [6.07, 6.45) is -0.247. The maximum atomic E-state index is 11.9. The first-order valence-electron chi connectivity index (χ1n) is 7.20. The van der Waals surface area contributed by atoms with Gasteiger partial charge in [-0.1, -0.05) is 0 Å². The molecular formula is C15H16NO6S-. The number of furan rings is 1. The molecule has 1 aromatic carbocycles. The van der Waals surface area contributed by atoms with Gasteiger partial charge in [-0.15, -0.1) is 0 Å². The molecule has 1 unspecified atom stereocenters. The molecule has 0 spiro atoms. The molecule has 0 amide bonds. The van der Waals surface area contributed by atoms with Crippen molar-refractivity contribution < 1.29 is 27.4 Å². The number of rotatable bonds is 5. The minimum Gasteiger partial charge on any atom is -0.760 e. The van der Waals surface area contributed by atoms with Crippen LogP contribution in [0, 0.1) is 6.92 Å². The number of benzene rings is 1. The lowest BCUT2D eigenvalue weighted by Crippen LogP contribution is -2.54. The molecule has 0 N–H and O–H groups in total. The van der Waals surface area contributed by atoms with Crippen molar-refractivity contribution in [2.75, 3.05) is 19.7 Å². The van der Waals surface area contributed by atoms with Crippen LogP contribution in [-0.4, -0.2) is 44.8 Å². The highest BCUT2D eigenvalue weighted by Gasteiger charge is 2.30. The molecule has 1 saturated heterocycles. The minimum absolute atomic E-state index is 0.247. The monoisotopic (exact) mass is 338 g/mol. The van der Waals surface area contributed by atoms with E-state index in [1.54, 1.807) is 26.0 Å². The first-order valence-corrected chi connectivity index (χ1v) is 8.23. The van der Waals surface area contributed by atoms with Crippen molar-refractivity contribution in [2.45, 2.75) is 20.0 Å². The van der Waals surface area contributed by atoms with Crippen molar-refractivity contribution >= 4 is 28.2 Å². The van der Waals surface area contributed by atoms with Crippen molar-refractivity contribution in [1.82, 2.24) is 4.31 Å². The van der Waals surface area contributed by atoms with E-state index in [0.717, 1.165) is 5.39 Å². The van der Waals surface area contributed by atoms with Gasteiger partial charge in [-0.05, 0) is 32.0 Å². The van der Waals surface area contributed by atoms with Gasteiger partial charge in [-0.2, -0.15) is 0 Å². The van der Waals surface area contributed by atoms with Crippen LogP contribution in [0.5, 0.6) is 5.75 Å². The third kappa shape index (κ3) is 3.24. The van der Waals surface area contributed by atoms with Crippen molar-refractivity contribution in [3.05, 3.63) is 29.5 Å². The van der Waals surface area contributed by atoms with E-state index >= 15 is 0 Å². The van der Waals surface area contributed by atoms with E-state index in [1.165, 1.54) is 4.31 Å². The number of ether oxygens (including phenoxy) is 2. The summed E-state index contributed by atoms with van der Waals surface area (Å²) in [7, 11) is 0. The van der Waals surface area contributed by atoms with Crippen LogP contribution < -0.4 is 4.74 Å². The van der Waals surface area contributed by atoms with Gasteiger partial charge in [-0.25, -0.2) is 9.10 Å². The Kier molecular flexibility index (Phi) is 4.38. The molecule has 1 aliphatic rings. The molecule has 2 heterocycles. The van der Waals surface area contributed by atoms with Gasteiger partial charge in [0.15, 0.2) is 0 Å². The minimum atomic E-state index is -2.23. The number of aryl methyl sites for hydroxylation is 1. The van der Waals surface area contributed by atoms with E-state index in [4.69, 9.17) is 13.9 Å². The molecule has 1 fully saturated rings. The Bertz CT molecular complexity index is 765. The normalized spacial score (nSPS) is 17.0. The van der Waals surface area contributed by atoms with Gasteiger partial charge >= 0.3 is 5.97 Å². The number of hydrogen-bond acceptors (Lipinski definition) is 6. The quantitative estimate of drug-likeness (QED) is 0.609. The van der Waals surface area contributed by atoms with Crippen molar-refractivity contribution in [1.29, 1.82) is 0 Å². The Balaban J connectivity index is 1.88. The molecule has 0 bridgehead atoms. The fourth-order valence-electron chi connectivity index (χ4n) is 2.44. The molecule has 124 valence electrons. The summed E-state index contributed by atoms with van der Waals surface area (Å²) in [4.78, 5) is 11.9. The fourth-order valence-corrected chi connectivity index (χ4v) is 3.02. The molecule has 0 radical (unpaired) electrons. The molecule has 7 nitrogen and oxygen atoms in total. The molecule has 0 saturated carbocycles. The van der Waals surface area contributed by atoms with Crippen LogP contribution in [-0.2, 0) is 16.0 Å². The van der Waals surface area contributed by atoms with Gasteiger partial charge < -0.3 is 18.4 Å². The summed E-state index contributed by atoms with van der Waals surface area (Å²) in [6.45, 7) is 4.39. The summed E-state index contributed by atoms with van der Waals surface area (Å²) in [5.41, 5.74) is 0.874. The lowest BCUT2D eigenvalue weighted by Gasteiger charge is -2.39. The zero-order valence-electron chi connectivity index (χ0n) is 12.7. The smallest absolute Gasteiger partial charge is 0.338 e. The third-order valence-corrected chi connectivity index (χ3v) is 4.27. The molecule has 1 atom stereocenters. The lowest BCUT2D eigenvalue weighted by molar-refractivity contribution is 0.0523. The largest absolute Gasteiger partial charge is 0.760 e. The highest BCUT2D eigenvalue weighted by molar-refractivity contribution is 7.76. The molecule has 23 heavy (non-hydrogen) atoms. The molecule has 3 rings (SSSR count). The number of nitrogens with zero attached hydrogens (tertiary/aromatic N) is 1. The van der Waals surface area contributed by atoms with Gasteiger partial charge in [0.25, 0.3) is 0 Å². The standard InChI is InChI=1S/C15H17NO6S/c1-3-20-15(17)10-5-13-12(4-9(2)21-13)14(6-10)22-11-7-16(8-11)23(18)19/h4-6,11H,3,7-8H2,1-2H3,(H,18,19)/p-1. The van der Waals surface area contributed by atoms with Crippen LogP contribution in [0.15, 0.2) is 22.6 Å². The zero-order chi connectivity index (χ0) is 16.6. The molecule has 1 aliphatic heterocycles. The summed E-state index contributed by atoms with van der Waals surface area (Å²) in [6, 6.07) is 5.04. The first-order chi connectivity index (χ1) is 11.0. The van der Waals surface area contributed by atoms with Crippen LogP contribution in [0.1, 0.15) is 23.0 Å². The van der Waals surface area contributed by atoms with Gasteiger partial charge in [0.05, 0.1) is 17.6 Å². The second-order valence-electron chi connectivity index (χ2n) is 5.27. The van der Waals surface area contributed by atoms with E-state index in [0.29, 0.717) is 22.7 Å². The van der Waals surface area contributed by atoms with Crippen molar-refractivity contribution in [3.63, 3.8) is 0 Å². The summed E-state index contributed by atoms with van der Waals surface area (Å²) in [5.74, 6) is 0.731. The van der Waals surface area contributed by atoms with Crippen LogP contribution in [0.3, 0.4) is 0 Å². The first kappa shape index (κ1) is 16.0. The second-order valence-corrected chi connectivity index (χ2v) is 6.22. The van der Waals surface area contributed by atoms with E-state index in [-0.39, 0.29) is 25.8 Å². The number of hydrogen-bond donors (Lipinski definition) is 0. The van der Waals surface area contributed by atoms with Crippen molar-refractivity contribution in [3.8, 4) is 5.75 Å². The number of fused-ring (bicyclic) bond motifs is 1. The molecule has 1 aromatic heterocycles. The van der Waals surface area contributed by atoms with Crippen molar-refractivity contribution in [2.24, 2.45) is 0 Å². The highest BCUT2D eigenvalue weighted by Crippen LogP contribution is 2.32. The Morgan fingerprint density at radius 2 is 2.17 bits per heavy atom. The summed E-state index contributed by atoms with van der Waals surface area (Å²) >= 11 is -2.23. The van der Waals surface area contributed by atoms with E-state index in [1.807, 2.05) is 6.07 Å². The maximum Gasteiger partial charge on any atom is 0.338 e. The Labute approximate surface area is 135 Å². The van der Waals surface area contributed by atoms with Crippen LogP contribution in [0.2, 0.25) is 0 Å². The molecular weight excluding hydrogens is 322 g/mol. The van der Waals surface area contributed by atoms with Gasteiger partial charge in [0.2, 0.25) is 0 Å². The predicted octanol–water partition coefficient (Wildman–Crippen LogP) is 1.78. The third-order valence-electron chi connectivity index (χ3n) is 3.55. The molecule has 8 heteroatoms. The molecule has 2 aromatic rings. The topological polar surface area (TPSA) is 92.0 Å². The van der Waals surface area contributed by atoms with E-state index in [2.05, 4.69) is 0 Å². The Hall–Kier alpha value is -1.90. The number of carbonyl (C=O) groups excluding carboxylic acids is 1. The predicted molar refractivity (Wildman–Crippen MR) is 81.8 cm³/mol. The van der Waals surface area contributed by atoms with Crippen LogP contribution >= 0.6 is 0 Å². The fraction of sp³-hybridized carbons (Fsp3) is 0.400. The number of carbonyl (C=O) groups is 1. The van der Waals surface area contributed by atoms with Crippen LogP contribution in [0.25, 0.3) is 11.0 Å². The SMILES string of the molecule is CCOC(=O)c1cc(OC2CN(S(=O)[O-])C2)c2cc(C)oc2c1. The zero-order valence-corrected chi connectivity index (χ0v) is 13.6. The van der Waals surface area contributed by atoms with E-state index in [9.17, 15) is 13.6 Å².